The number of hydrogen-bond acceptors (Lipinski definition) is 6. The van der Waals surface area contributed by atoms with Crippen LogP contribution in [0.1, 0.15) is 445 Å². The van der Waals surface area contributed by atoms with E-state index in [1.807, 2.05) is 0 Å². The molecule has 0 bridgehead atoms. The van der Waals surface area contributed by atoms with Crippen LogP contribution in [0.3, 0.4) is 0 Å². The summed E-state index contributed by atoms with van der Waals surface area (Å²) in [6, 6.07) is 0. The molecular weight excluding hydrogens is 1010 g/mol. The minimum Gasteiger partial charge on any atom is -0.465 e. The highest BCUT2D eigenvalue weighted by molar-refractivity contribution is 5.70. The maximum atomic E-state index is 13.4. The largest absolute Gasteiger partial charge is 0.465 e. The van der Waals surface area contributed by atoms with Crippen LogP contribution < -0.4 is 0 Å². The van der Waals surface area contributed by atoms with Crippen LogP contribution in [0, 0.1) is 5.41 Å². The van der Waals surface area contributed by atoms with Crippen molar-refractivity contribution < 1.29 is 28.6 Å². The second-order valence-corrected chi connectivity index (χ2v) is 26.6. The third-order valence-corrected chi connectivity index (χ3v) is 18.1. The third-order valence-electron chi connectivity index (χ3n) is 18.1. The average Bonchev–Trinajstić information content (AvgIpc) is 3.52. The number of unbranched alkanes of at least 4 members (excludes halogenated alkanes) is 57. The van der Waals surface area contributed by atoms with Crippen molar-refractivity contribution in [1.29, 1.82) is 0 Å². The maximum absolute atomic E-state index is 13.4. The first-order valence-electron chi connectivity index (χ1n) is 37.9. The molecule has 0 radical (unpaired) electrons. The van der Waals surface area contributed by atoms with E-state index in [4.69, 9.17) is 14.2 Å². The number of esters is 3. The van der Waals surface area contributed by atoms with Gasteiger partial charge in [-0.05, 0) is 25.7 Å². The van der Waals surface area contributed by atoms with Crippen molar-refractivity contribution in [2.75, 3.05) is 19.8 Å². The second-order valence-electron chi connectivity index (χ2n) is 26.6. The fraction of sp³-hybridized carbons (Fsp3) is 0.961. The molecule has 6 heteroatoms. The van der Waals surface area contributed by atoms with Crippen LogP contribution in [-0.2, 0) is 28.6 Å². The van der Waals surface area contributed by atoms with E-state index in [-0.39, 0.29) is 37.7 Å². The van der Waals surface area contributed by atoms with Gasteiger partial charge in [0.2, 0.25) is 0 Å². The SMILES string of the molecule is CCCCCCCCCCCCCCCCCCC(COC(=O)CCCCCCCCCCCCCCCCC)(COC(=O)CCCCCCCCCCCCCCCCC)COC(=O)CCCCCCCCCCCCCCCCC. The summed E-state index contributed by atoms with van der Waals surface area (Å²) in [6.45, 7) is 9.54. The average molecular weight is 1160 g/mol. The van der Waals surface area contributed by atoms with Crippen molar-refractivity contribution in [3.05, 3.63) is 0 Å². The Hall–Kier alpha value is -1.59. The quantitative estimate of drug-likeness (QED) is 0.0343. The molecule has 0 heterocycles. The van der Waals surface area contributed by atoms with Gasteiger partial charge in [0.25, 0.3) is 0 Å². The van der Waals surface area contributed by atoms with Crippen LogP contribution in [0.2, 0.25) is 0 Å². The van der Waals surface area contributed by atoms with E-state index in [1.165, 1.54) is 340 Å². The van der Waals surface area contributed by atoms with Crippen LogP contribution in [0.15, 0.2) is 0 Å². The molecule has 0 aromatic carbocycles. The molecule has 0 aromatic rings. The van der Waals surface area contributed by atoms with Gasteiger partial charge in [-0.3, -0.25) is 14.4 Å². The molecule has 82 heavy (non-hydrogen) atoms. The smallest absolute Gasteiger partial charge is 0.305 e. The van der Waals surface area contributed by atoms with Crippen LogP contribution in [0.4, 0.5) is 0 Å². The normalized spacial score (nSPS) is 11.7. The molecule has 0 aliphatic carbocycles. The molecule has 0 saturated carbocycles. The van der Waals surface area contributed by atoms with Crippen LogP contribution in [-0.4, -0.2) is 37.7 Å². The number of rotatable bonds is 71. The van der Waals surface area contributed by atoms with Crippen LogP contribution in [0.5, 0.6) is 0 Å². The number of carbonyl (C=O) groups excluding carboxylic acids is 3. The van der Waals surface area contributed by atoms with Crippen molar-refractivity contribution >= 4 is 17.9 Å². The molecule has 0 fully saturated rings. The summed E-state index contributed by atoms with van der Waals surface area (Å²) in [5.74, 6) is -0.544. The first-order chi connectivity index (χ1) is 40.4. The lowest BCUT2D eigenvalue weighted by Crippen LogP contribution is -2.39. The zero-order valence-corrected chi connectivity index (χ0v) is 56.5. The standard InChI is InChI=1S/C76H148O6/c1-5-9-13-17-21-25-29-33-37-41-45-49-53-57-61-65-69-76(70-80-73(77)66-62-58-54-50-46-42-38-34-30-26-22-18-14-10-6-2,71-81-74(78)67-63-59-55-51-47-43-39-35-31-27-23-19-15-11-7-3)72-82-75(79)68-64-60-56-52-48-44-40-36-32-28-24-20-16-12-8-4/h5-72H2,1-4H3. The minimum absolute atomic E-state index is 0.127. The van der Waals surface area contributed by atoms with Crippen molar-refractivity contribution in [2.45, 2.75) is 445 Å². The van der Waals surface area contributed by atoms with Gasteiger partial charge in [0, 0.05) is 19.3 Å². The highest BCUT2D eigenvalue weighted by atomic mass is 16.6. The number of hydrogen-bond donors (Lipinski definition) is 0. The predicted molar refractivity (Wildman–Crippen MR) is 358 cm³/mol. The van der Waals surface area contributed by atoms with Crippen LogP contribution >= 0.6 is 0 Å². The van der Waals surface area contributed by atoms with Gasteiger partial charge in [-0.15, -0.1) is 0 Å². The van der Waals surface area contributed by atoms with E-state index in [9.17, 15) is 14.4 Å². The molecule has 0 aromatic heterocycles. The predicted octanol–water partition coefficient (Wildman–Crippen LogP) is 26.0. The lowest BCUT2D eigenvalue weighted by atomic mass is 9.84. The van der Waals surface area contributed by atoms with Gasteiger partial charge in [0.15, 0.2) is 0 Å². The van der Waals surface area contributed by atoms with Crippen molar-refractivity contribution in [1.82, 2.24) is 0 Å². The monoisotopic (exact) mass is 1160 g/mol. The lowest BCUT2D eigenvalue weighted by molar-refractivity contribution is -0.163. The molecule has 0 saturated heterocycles. The summed E-state index contributed by atoms with van der Waals surface area (Å²) in [5.41, 5.74) is -0.740. The molecule has 0 unspecified atom stereocenters. The number of carbonyl (C=O) groups is 3. The summed E-state index contributed by atoms with van der Waals surface area (Å²) < 4.78 is 18.4. The molecule has 0 spiro atoms. The molecule has 6 nitrogen and oxygen atoms in total. The van der Waals surface area contributed by atoms with Gasteiger partial charge in [0.05, 0.1) is 5.41 Å². The summed E-state index contributed by atoms with van der Waals surface area (Å²) in [7, 11) is 0. The minimum atomic E-state index is -0.740. The Kier molecular flexibility index (Phi) is 67.2. The van der Waals surface area contributed by atoms with Crippen molar-refractivity contribution in [2.24, 2.45) is 5.41 Å². The summed E-state index contributed by atoms with van der Waals surface area (Å²) in [6.07, 6.45) is 80.8. The van der Waals surface area contributed by atoms with Gasteiger partial charge < -0.3 is 14.2 Å². The number of ether oxygens (including phenoxy) is 3. The Balaban J connectivity index is 5.29. The van der Waals surface area contributed by atoms with E-state index in [0.717, 1.165) is 51.4 Å². The molecule has 0 rings (SSSR count). The fourth-order valence-electron chi connectivity index (χ4n) is 12.2. The highest BCUT2D eigenvalue weighted by Gasteiger charge is 2.35. The lowest BCUT2D eigenvalue weighted by Gasteiger charge is -2.32. The Morgan fingerprint density at radius 3 is 0.488 bits per heavy atom. The van der Waals surface area contributed by atoms with E-state index in [1.54, 1.807) is 0 Å². The second kappa shape index (κ2) is 68.5. The molecule has 0 N–H and O–H groups in total. The van der Waals surface area contributed by atoms with E-state index >= 15 is 0 Å². The van der Waals surface area contributed by atoms with E-state index in [2.05, 4.69) is 27.7 Å². The summed E-state index contributed by atoms with van der Waals surface area (Å²) >= 11 is 0. The first-order valence-corrected chi connectivity index (χ1v) is 37.9. The summed E-state index contributed by atoms with van der Waals surface area (Å²) in [5, 5.41) is 0. The van der Waals surface area contributed by atoms with E-state index < -0.39 is 5.41 Å². The molecular formula is C76H148O6. The van der Waals surface area contributed by atoms with Crippen molar-refractivity contribution in [3.8, 4) is 0 Å². The zero-order chi connectivity index (χ0) is 59.4. The maximum Gasteiger partial charge on any atom is 0.305 e. The molecule has 0 atom stereocenters. The Morgan fingerprint density at radius 2 is 0.329 bits per heavy atom. The summed E-state index contributed by atoms with van der Waals surface area (Å²) in [4.78, 5) is 40.3. The molecule has 0 amide bonds. The molecule has 0 aliphatic heterocycles. The van der Waals surface area contributed by atoms with Gasteiger partial charge >= 0.3 is 17.9 Å². The topological polar surface area (TPSA) is 78.9 Å². The van der Waals surface area contributed by atoms with Crippen LogP contribution in [0.25, 0.3) is 0 Å². The first kappa shape index (κ1) is 80.4. The van der Waals surface area contributed by atoms with Gasteiger partial charge in [0.1, 0.15) is 19.8 Å². The fourth-order valence-corrected chi connectivity index (χ4v) is 12.2. The Bertz CT molecular complexity index is 1140. The zero-order valence-electron chi connectivity index (χ0n) is 56.5. The Morgan fingerprint density at radius 1 is 0.195 bits per heavy atom. The third kappa shape index (κ3) is 62.9. The molecule has 488 valence electrons. The van der Waals surface area contributed by atoms with Gasteiger partial charge in [-0.1, -0.05) is 400 Å². The van der Waals surface area contributed by atoms with Crippen molar-refractivity contribution in [3.63, 3.8) is 0 Å². The van der Waals surface area contributed by atoms with Gasteiger partial charge in [-0.2, -0.15) is 0 Å². The Labute approximate surface area is 514 Å². The van der Waals surface area contributed by atoms with Gasteiger partial charge in [-0.25, -0.2) is 0 Å². The van der Waals surface area contributed by atoms with E-state index in [0.29, 0.717) is 25.7 Å². The highest BCUT2D eigenvalue weighted by Crippen LogP contribution is 2.30. The molecule has 0 aliphatic rings.